The van der Waals surface area contributed by atoms with Gasteiger partial charge in [-0.25, -0.2) is 0 Å². The number of alkyl halides is 1. The molecule has 0 rings (SSSR count). The summed E-state index contributed by atoms with van der Waals surface area (Å²) in [4.78, 5) is 0.412. The summed E-state index contributed by atoms with van der Waals surface area (Å²) in [7, 11) is 0. The molecule has 0 heterocycles. The van der Waals surface area contributed by atoms with Gasteiger partial charge in [-0.1, -0.05) is 22.5 Å². The Balaban J connectivity index is 3.29. The topological polar surface area (TPSA) is 0 Å². The molecule has 0 N–H and O–H groups in total. The van der Waals surface area contributed by atoms with Crippen LogP contribution < -0.4 is 0 Å². The molecule has 0 aliphatic rings. The SMILES string of the molecule is C=C=CC(C)Br. The highest BCUT2D eigenvalue weighted by Crippen LogP contribution is 1.95. The van der Waals surface area contributed by atoms with E-state index in [1.165, 1.54) is 0 Å². The Hall–Kier alpha value is 0. The lowest BCUT2D eigenvalue weighted by molar-refractivity contribution is 1.28. The molecular weight excluding hydrogens is 140 g/mol. The van der Waals surface area contributed by atoms with Gasteiger partial charge in [0.05, 0.1) is 0 Å². The fourth-order valence-corrected chi connectivity index (χ4v) is 0.349. The highest BCUT2D eigenvalue weighted by molar-refractivity contribution is 9.09. The Morgan fingerprint density at radius 3 is 2.50 bits per heavy atom. The minimum absolute atomic E-state index is 0.412. The number of rotatable bonds is 1. The van der Waals surface area contributed by atoms with E-state index < -0.39 is 0 Å². The van der Waals surface area contributed by atoms with Crippen molar-refractivity contribution < 1.29 is 0 Å². The second-order valence-corrected chi connectivity index (χ2v) is 2.49. The molecule has 6 heavy (non-hydrogen) atoms. The number of hydrogen-bond acceptors (Lipinski definition) is 0. The molecule has 0 fully saturated rings. The average Bonchev–Trinajstić information content (AvgIpc) is 1.35. The summed E-state index contributed by atoms with van der Waals surface area (Å²) in [5.41, 5.74) is 2.65. The standard InChI is InChI=1S/C5H7Br/c1-3-4-5(2)6/h4-5H,1H2,2H3. The molecule has 0 aliphatic heterocycles. The van der Waals surface area contributed by atoms with Crippen molar-refractivity contribution in [3.8, 4) is 0 Å². The molecule has 0 aromatic carbocycles. The van der Waals surface area contributed by atoms with E-state index in [0.29, 0.717) is 4.83 Å². The maximum atomic E-state index is 3.39. The van der Waals surface area contributed by atoms with Crippen molar-refractivity contribution in [2.24, 2.45) is 0 Å². The summed E-state index contributed by atoms with van der Waals surface area (Å²) in [6.07, 6.45) is 1.85. The van der Waals surface area contributed by atoms with Crippen LogP contribution in [0.2, 0.25) is 0 Å². The van der Waals surface area contributed by atoms with Crippen molar-refractivity contribution in [1.82, 2.24) is 0 Å². The van der Waals surface area contributed by atoms with Crippen LogP contribution in [0.3, 0.4) is 0 Å². The third kappa shape index (κ3) is 4.00. The highest BCUT2D eigenvalue weighted by atomic mass is 79.9. The van der Waals surface area contributed by atoms with Crippen molar-refractivity contribution >= 4 is 15.9 Å². The number of allylic oxidation sites excluding steroid dienone is 1. The highest BCUT2D eigenvalue weighted by Gasteiger charge is 1.78. The third-order valence-corrected chi connectivity index (χ3v) is 0.612. The van der Waals surface area contributed by atoms with E-state index >= 15 is 0 Å². The van der Waals surface area contributed by atoms with E-state index in [2.05, 4.69) is 28.2 Å². The Labute approximate surface area is 46.7 Å². The van der Waals surface area contributed by atoms with Gasteiger partial charge in [-0.2, -0.15) is 0 Å². The summed E-state index contributed by atoms with van der Waals surface area (Å²) in [5, 5.41) is 0. The summed E-state index contributed by atoms with van der Waals surface area (Å²) in [5.74, 6) is 0. The van der Waals surface area contributed by atoms with Gasteiger partial charge in [-0.3, -0.25) is 0 Å². The third-order valence-electron chi connectivity index (χ3n) is 0.348. The summed E-state index contributed by atoms with van der Waals surface area (Å²) >= 11 is 3.28. The first-order valence-electron chi connectivity index (χ1n) is 1.77. The maximum Gasteiger partial charge on any atom is 0.0371 e. The maximum absolute atomic E-state index is 3.39. The second kappa shape index (κ2) is 3.20. The van der Waals surface area contributed by atoms with Gasteiger partial charge in [0.1, 0.15) is 0 Å². The van der Waals surface area contributed by atoms with Crippen molar-refractivity contribution in [3.63, 3.8) is 0 Å². The van der Waals surface area contributed by atoms with Crippen molar-refractivity contribution in [3.05, 3.63) is 18.4 Å². The van der Waals surface area contributed by atoms with Crippen LogP contribution >= 0.6 is 15.9 Å². The molecule has 0 saturated carbocycles. The van der Waals surface area contributed by atoms with Gasteiger partial charge in [0.15, 0.2) is 0 Å². The molecule has 34 valence electrons. The molecule has 1 atom stereocenters. The molecular formula is C5H7Br. The predicted molar refractivity (Wildman–Crippen MR) is 32.1 cm³/mol. The monoisotopic (exact) mass is 146 g/mol. The molecule has 0 radical (unpaired) electrons. The smallest absolute Gasteiger partial charge is 0.0371 e. The Kier molecular flexibility index (Phi) is 3.20. The normalized spacial score (nSPS) is 12.3. The molecule has 0 nitrogen and oxygen atoms in total. The molecule has 0 aliphatic carbocycles. The first-order valence-corrected chi connectivity index (χ1v) is 2.69. The minimum atomic E-state index is 0.412. The molecule has 1 unspecified atom stereocenters. The predicted octanol–water partition coefficient (Wildman–Crippen LogP) is 2.11. The van der Waals surface area contributed by atoms with E-state index in [0.717, 1.165) is 0 Å². The van der Waals surface area contributed by atoms with Gasteiger partial charge in [-0.05, 0) is 13.0 Å². The Bertz CT molecular complexity index is 68.0. The van der Waals surface area contributed by atoms with E-state index in [-0.39, 0.29) is 0 Å². The van der Waals surface area contributed by atoms with Gasteiger partial charge >= 0.3 is 0 Å². The van der Waals surface area contributed by atoms with Gasteiger partial charge < -0.3 is 0 Å². The van der Waals surface area contributed by atoms with E-state index in [1.807, 2.05) is 13.0 Å². The first kappa shape index (κ1) is 6.00. The van der Waals surface area contributed by atoms with Crippen molar-refractivity contribution in [2.45, 2.75) is 11.8 Å². The van der Waals surface area contributed by atoms with Crippen LogP contribution in [0.5, 0.6) is 0 Å². The molecule has 0 saturated heterocycles. The van der Waals surface area contributed by atoms with Crippen LogP contribution in [-0.2, 0) is 0 Å². The van der Waals surface area contributed by atoms with Crippen LogP contribution in [0.15, 0.2) is 18.4 Å². The minimum Gasteiger partial charge on any atom is -0.132 e. The fraction of sp³-hybridized carbons (Fsp3) is 0.400. The molecule has 0 amide bonds. The van der Waals surface area contributed by atoms with Gasteiger partial charge in [0, 0.05) is 4.83 Å². The van der Waals surface area contributed by atoms with Crippen LogP contribution in [0.1, 0.15) is 6.92 Å². The van der Waals surface area contributed by atoms with Crippen LogP contribution in [0.4, 0.5) is 0 Å². The van der Waals surface area contributed by atoms with Crippen molar-refractivity contribution in [2.75, 3.05) is 0 Å². The summed E-state index contributed by atoms with van der Waals surface area (Å²) < 4.78 is 0. The van der Waals surface area contributed by atoms with E-state index in [9.17, 15) is 0 Å². The Morgan fingerprint density at radius 2 is 2.50 bits per heavy atom. The molecule has 0 bridgehead atoms. The lowest BCUT2D eigenvalue weighted by Gasteiger charge is -1.81. The molecule has 0 aromatic rings. The number of hydrogen-bond donors (Lipinski definition) is 0. The van der Waals surface area contributed by atoms with Gasteiger partial charge in [0.25, 0.3) is 0 Å². The molecule has 0 spiro atoms. The fourth-order valence-electron chi connectivity index (χ4n) is 0.162. The van der Waals surface area contributed by atoms with Crippen molar-refractivity contribution in [1.29, 1.82) is 0 Å². The zero-order valence-electron chi connectivity index (χ0n) is 3.74. The first-order chi connectivity index (χ1) is 2.77. The zero-order valence-corrected chi connectivity index (χ0v) is 5.33. The van der Waals surface area contributed by atoms with E-state index in [4.69, 9.17) is 0 Å². The summed E-state index contributed by atoms with van der Waals surface area (Å²) in [6.45, 7) is 5.40. The molecule has 1 heteroatoms. The van der Waals surface area contributed by atoms with Gasteiger partial charge in [-0.15, -0.1) is 5.73 Å². The van der Waals surface area contributed by atoms with E-state index in [1.54, 1.807) is 0 Å². The van der Waals surface area contributed by atoms with Crippen LogP contribution in [-0.4, -0.2) is 4.83 Å². The lowest BCUT2D eigenvalue weighted by Crippen LogP contribution is -1.75. The second-order valence-electron chi connectivity index (χ2n) is 1.05. The number of halogens is 1. The van der Waals surface area contributed by atoms with Gasteiger partial charge in [0.2, 0.25) is 0 Å². The average molecular weight is 147 g/mol. The lowest BCUT2D eigenvalue weighted by atomic mass is 10.5. The Morgan fingerprint density at radius 1 is 2.00 bits per heavy atom. The van der Waals surface area contributed by atoms with Crippen LogP contribution in [0.25, 0.3) is 0 Å². The molecule has 0 aromatic heterocycles. The van der Waals surface area contributed by atoms with Crippen LogP contribution in [0, 0.1) is 0 Å². The zero-order chi connectivity index (χ0) is 4.99. The summed E-state index contributed by atoms with van der Waals surface area (Å²) in [6, 6.07) is 0. The largest absolute Gasteiger partial charge is 0.132 e. The quantitative estimate of drug-likeness (QED) is 0.393.